The third-order valence-corrected chi connectivity index (χ3v) is 5.89. The van der Waals surface area contributed by atoms with Crippen LogP contribution in [0.5, 0.6) is 0 Å². The highest BCUT2D eigenvalue weighted by atomic mass is 35.5. The Morgan fingerprint density at radius 1 is 1.12 bits per heavy atom. The van der Waals surface area contributed by atoms with Crippen LogP contribution in [0.2, 0.25) is 5.02 Å². The monoisotopic (exact) mass is 376 g/mol. The molecule has 0 N–H and O–H groups in total. The summed E-state index contributed by atoms with van der Waals surface area (Å²) in [6.45, 7) is 2.11. The maximum Gasteiger partial charge on any atom is 0.228 e. The van der Waals surface area contributed by atoms with Gasteiger partial charge in [0.15, 0.2) is 10.9 Å². The molecule has 0 unspecified atom stereocenters. The van der Waals surface area contributed by atoms with Gasteiger partial charge in [-0.05, 0) is 56.4 Å². The summed E-state index contributed by atoms with van der Waals surface area (Å²) in [4.78, 5) is 14.7. The largest absolute Gasteiger partial charge is 0.341 e. The quantitative estimate of drug-likeness (QED) is 0.557. The van der Waals surface area contributed by atoms with Crippen LogP contribution in [0.25, 0.3) is 0 Å². The van der Waals surface area contributed by atoms with Crippen LogP contribution in [0, 0.1) is 0 Å². The lowest BCUT2D eigenvalue weighted by Gasteiger charge is -2.27. The second kappa shape index (κ2) is 7.38. The van der Waals surface area contributed by atoms with E-state index in [1.54, 1.807) is 24.3 Å². The fourth-order valence-corrected chi connectivity index (χ4v) is 4.20. The third-order valence-electron chi connectivity index (χ3n) is 4.70. The van der Waals surface area contributed by atoms with Crippen molar-refractivity contribution in [2.75, 3.05) is 23.7 Å². The van der Waals surface area contributed by atoms with Crippen LogP contribution in [0.1, 0.15) is 48.5 Å². The van der Waals surface area contributed by atoms with Crippen molar-refractivity contribution in [3.8, 4) is 0 Å². The van der Waals surface area contributed by atoms with E-state index in [2.05, 4.69) is 19.7 Å². The molecule has 2 fully saturated rings. The number of aromatic nitrogens is 3. The number of hydrogen-bond acceptors (Lipinski definition) is 5. The molecule has 7 heteroatoms. The molecule has 1 aliphatic heterocycles. The average molecular weight is 377 g/mol. The van der Waals surface area contributed by atoms with E-state index in [0.29, 0.717) is 22.4 Å². The minimum atomic E-state index is 0.0894. The highest BCUT2D eigenvalue weighted by Gasteiger charge is 2.32. The Bertz CT molecular complexity index is 751. The first-order valence-corrected chi connectivity index (χ1v) is 10.2. The first kappa shape index (κ1) is 16.9. The predicted molar refractivity (Wildman–Crippen MR) is 101 cm³/mol. The Kier molecular flexibility index (Phi) is 4.99. The van der Waals surface area contributed by atoms with E-state index in [9.17, 15) is 4.79 Å². The van der Waals surface area contributed by atoms with Crippen LogP contribution in [0.4, 0.5) is 5.95 Å². The van der Waals surface area contributed by atoms with Crippen molar-refractivity contribution in [3.05, 3.63) is 34.9 Å². The number of thioether (sulfide) groups is 1. The van der Waals surface area contributed by atoms with Gasteiger partial charge in [0.2, 0.25) is 5.95 Å². The van der Waals surface area contributed by atoms with Crippen LogP contribution in [0.3, 0.4) is 0 Å². The van der Waals surface area contributed by atoms with E-state index in [1.807, 2.05) is 0 Å². The molecule has 0 radical (unpaired) electrons. The van der Waals surface area contributed by atoms with Gasteiger partial charge < -0.3 is 4.90 Å². The molecule has 1 saturated carbocycles. The minimum absolute atomic E-state index is 0.0894. The van der Waals surface area contributed by atoms with Crippen LogP contribution in [-0.2, 0) is 0 Å². The van der Waals surface area contributed by atoms with Crippen molar-refractivity contribution >= 4 is 35.1 Å². The molecule has 2 heterocycles. The number of rotatable bonds is 6. The van der Waals surface area contributed by atoms with Gasteiger partial charge in [0.1, 0.15) is 0 Å². The molecule has 25 heavy (non-hydrogen) atoms. The van der Waals surface area contributed by atoms with Crippen molar-refractivity contribution in [3.63, 3.8) is 0 Å². The lowest BCUT2D eigenvalue weighted by Crippen LogP contribution is -2.31. The predicted octanol–water partition coefficient (Wildman–Crippen LogP) is 4.23. The molecule has 2 aromatic rings. The fraction of sp³-hybridized carbons (Fsp3) is 0.500. The molecule has 1 aromatic heterocycles. The van der Waals surface area contributed by atoms with Crippen LogP contribution >= 0.6 is 23.4 Å². The Morgan fingerprint density at radius 3 is 2.52 bits per heavy atom. The van der Waals surface area contributed by atoms with Gasteiger partial charge in [-0.1, -0.05) is 23.4 Å². The Balaban J connectivity index is 1.47. The molecular weight excluding hydrogens is 356 g/mol. The van der Waals surface area contributed by atoms with E-state index < -0.39 is 0 Å². The Labute approximate surface area is 156 Å². The van der Waals surface area contributed by atoms with E-state index >= 15 is 0 Å². The lowest BCUT2D eigenvalue weighted by atomic mass is 10.1. The summed E-state index contributed by atoms with van der Waals surface area (Å²) in [5.74, 6) is 1.45. The van der Waals surface area contributed by atoms with Crippen LogP contribution in [-0.4, -0.2) is 39.4 Å². The van der Waals surface area contributed by atoms with Gasteiger partial charge >= 0.3 is 0 Å². The summed E-state index contributed by atoms with van der Waals surface area (Å²) in [7, 11) is 0. The number of anilines is 1. The van der Waals surface area contributed by atoms with Crippen molar-refractivity contribution in [2.45, 2.75) is 43.3 Å². The van der Waals surface area contributed by atoms with E-state index in [0.717, 1.165) is 24.2 Å². The molecule has 4 rings (SSSR count). The molecule has 0 spiro atoms. The second-order valence-electron chi connectivity index (χ2n) is 6.65. The number of carbonyl (C=O) groups excluding carboxylic acids is 1. The maximum absolute atomic E-state index is 12.4. The van der Waals surface area contributed by atoms with Gasteiger partial charge in [-0.3, -0.25) is 9.36 Å². The van der Waals surface area contributed by atoms with Gasteiger partial charge in [0.25, 0.3) is 0 Å². The summed E-state index contributed by atoms with van der Waals surface area (Å²) in [5, 5.41) is 10.4. The summed E-state index contributed by atoms with van der Waals surface area (Å²) < 4.78 is 2.26. The maximum atomic E-state index is 12.4. The number of benzene rings is 1. The molecule has 0 atom stereocenters. The molecule has 0 amide bonds. The third kappa shape index (κ3) is 3.85. The number of carbonyl (C=O) groups is 1. The second-order valence-corrected chi connectivity index (χ2v) is 8.03. The number of halogens is 1. The first-order valence-electron chi connectivity index (χ1n) is 8.84. The van der Waals surface area contributed by atoms with Gasteiger partial charge in [-0.25, -0.2) is 0 Å². The number of nitrogens with zero attached hydrogens (tertiary/aromatic N) is 4. The number of hydrogen-bond donors (Lipinski definition) is 0. The zero-order valence-electron chi connectivity index (χ0n) is 14.0. The Hall–Kier alpha value is -1.53. The summed E-state index contributed by atoms with van der Waals surface area (Å²) in [6.07, 6.45) is 6.09. The SMILES string of the molecule is O=C(CSc1nnc(N2CCCCC2)n1C1CC1)c1ccc(Cl)cc1. The summed E-state index contributed by atoms with van der Waals surface area (Å²) in [5.41, 5.74) is 0.686. The van der Waals surface area contributed by atoms with Crippen LogP contribution < -0.4 is 4.90 Å². The average Bonchev–Trinajstić information content (AvgIpc) is 3.40. The van der Waals surface area contributed by atoms with Crippen molar-refractivity contribution in [1.82, 2.24) is 14.8 Å². The number of piperidine rings is 1. The number of Topliss-reactive ketones (excluding diaryl/α,β-unsaturated/α-hetero) is 1. The molecular formula is C18H21ClN4OS. The summed E-state index contributed by atoms with van der Waals surface area (Å²) in [6, 6.07) is 7.55. The van der Waals surface area contributed by atoms with Crippen molar-refractivity contribution in [2.24, 2.45) is 0 Å². The normalized spacial score (nSPS) is 17.7. The molecule has 1 saturated heterocycles. The van der Waals surface area contributed by atoms with E-state index in [4.69, 9.17) is 11.6 Å². The van der Waals surface area contributed by atoms with Gasteiger partial charge in [-0.2, -0.15) is 0 Å². The topological polar surface area (TPSA) is 51.0 Å². The zero-order chi connectivity index (χ0) is 17.2. The zero-order valence-corrected chi connectivity index (χ0v) is 15.6. The van der Waals surface area contributed by atoms with Crippen molar-refractivity contribution in [1.29, 1.82) is 0 Å². The fourth-order valence-electron chi connectivity index (χ4n) is 3.18. The number of ketones is 1. The smallest absolute Gasteiger partial charge is 0.228 e. The van der Waals surface area contributed by atoms with E-state index in [-0.39, 0.29) is 5.78 Å². The first-order chi connectivity index (χ1) is 12.2. The highest BCUT2D eigenvalue weighted by Crippen LogP contribution is 2.41. The van der Waals surface area contributed by atoms with E-state index in [1.165, 1.54) is 43.9 Å². The highest BCUT2D eigenvalue weighted by molar-refractivity contribution is 7.99. The molecule has 132 valence electrons. The molecule has 1 aliphatic carbocycles. The summed E-state index contributed by atoms with van der Waals surface area (Å²) >= 11 is 7.37. The standard InChI is InChI=1S/C18H21ClN4OS/c19-14-6-4-13(5-7-14)16(24)12-25-18-21-20-17(23(18)15-8-9-15)22-10-2-1-3-11-22/h4-7,15H,1-3,8-12H2. The molecule has 5 nitrogen and oxygen atoms in total. The van der Waals surface area contributed by atoms with Crippen molar-refractivity contribution < 1.29 is 4.79 Å². The van der Waals surface area contributed by atoms with Gasteiger partial charge in [0.05, 0.1) is 5.75 Å². The Morgan fingerprint density at radius 2 is 1.84 bits per heavy atom. The molecule has 0 bridgehead atoms. The molecule has 2 aliphatic rings. The van der Waals surface area contributed by atoms with Gasteiger partial charge in [-0.15, -0.1) is 10.2 Å². The minimum Gasteiger partial charge on any atom is -0.341 e. The lowest BCUT2D eigenvalue weighted by molar-refractivity contribution is 0.102. The molecule has 1 aromatic carbocycles. The van der Waals surface area contributed by atoms with Gasteiger partial charge in [0, 0.05) is 29.7 Å². The van der Waals surface area contributed by atoms with Crippen LogP contribution in [0.15, 0.2) is 29.4 Å².